The highest BCUT2D eigenvalue weighted by molar-refractivity contribution is 5.85. The molecule has 0 aromatic rings. The lowest BCUT2D eigenvalue weighted by Crippen LogP contribution is -1.84. The second kappa shape index (κ2) is 6.17. The van der Waals surface area contributed by atoms with Crippen molar-refractivity contribution < 1.29 is 14.7 Å². The lowest BCUT2D eigenvalue weighted by molar-refractivity contribution is -0.131. The minimum atomic E-state index is -1.10. The number of carbonyl (C=O) groups is 2. The molecule has 46 valence electrons. The summed E-state index contributed by atoms with van der Waals surface area (Å²) < 4.78 is 0. The van der Waals surface area contributed by atoms with Crippen LogP contribution in [0.4, 0.5) is 0 Å². The van der Waals surface area contributed by atoms with Gasteiger partial charge in [-0.1, -0.05) is 0 Å². The molecule has 0 unspecified atom stereocenters. The molecule has 0 heterocycles. The number of halogens is 1. The van der Waals surface area contributed by atoms with Gasteiger partial charge in [0.1, 0.15) is 6.29 Å². The summed E-state index contributed by atoms with van der Waals surface area (Å²) >= 11 is 0. The molecule has 4 heteroatoms. The van der Waals surface area contributed by atoms with Crippen LogP contribution in [0.3, 0.4) is 0 Å². The molecule has 0 amide bonds. The van der Waals surface area contributed by atoms with Gasteiger partial charge in [0.05, 0.1) is 0 Å². The first-order chi connectivity index (χ1) is 3.27. The van der Waals surface area contributed by atoms with E-state index in [0.29, 0.717) is 6.29 Å². The normalized spacial score (nSPS) is 8.00. The molecule has 0 saturated carbocycles. The third-order valence-electron chi connectivity index (χ3n) is 0.317. The molecule has 0 bridgehead atoms. The van der Waals surface area contributed by atoms with E-state index in [2.05, 4.69) is 0 Å². The van der Waals surface area contributed by atoms with E-state index in [4.69, 9.17) is 5.11 Å². The standard InChI is InChI=1S/C4H4O3.ClH/c5-3-1-2-4(6)7;/h1-3H,(H,6,7);1H/b2-1+;. The topological polar surface area (TPSA) is 54.4 Å². The summed E-state index contributed by atoms with van der Waals surface area (Å²) in [6.07, 6.45) is 2.10. The van der Waals surface area contributed by atoms with Crippen LogP contribution in [0.5, 0.6) is 0 Å². The zero-order chi connectivity index (χ0) is 5.70. The Morgan fingerprint density at radius 1 is 1.50 bits per heavy atom. The minimum absolute atomic E-state index is 0. The van der Waals surface area contributed by atoms with E-state index < -0.39 is 5.97 Å². The molecule has 0 aromatic carbocycles. The molecule has 0 fully saturated rings. The quantitative estimate of drug-likeness (QED) is 0.437. The second-order valence-corrected chi connectivity index (χ2v) is 0.833. The number of hydrogen-bond acceptors (Lipinski definition) is 2. The van der Waals surface area contributed by atoms with Crippen molar-refractivity contribution in [2.24, 2.45) is 0 Å². The second-order valence-electron chi connectivity index (χ2n) is 0.833. The Hall–Kier alpha value is -0.830. The van der Waals surface area contributed by atoms with Crippen molar-refractivity contribution in [2.45, 2.75) is 0 Å². The fourth-order valence-electron chi connectivity index (χ4n) is 0.122. The largest absolute Gasteiger partial charge is 0.478 e. The fourth-order valence-corrected chi connectivity index (χ4v) is 0.122. The summed E-state index contributed by atoms with van der Waals surface area (Å²) in [5.74, 6) is -1.10. The van der Waals surface area contributed by atoms with Gasteiger partial charge in [-0.05, 0) is 6.08 Å². The number of carboxylic acids is 1. The van der Waals surface area contributed by atoms with Crippen LogP contribution < -0.4 is 0 Å². The highest BCUT2D eigenvalue weighted by Crippen LogP contribution is 1.64. The zero-order valence-corrected chi connectivity index (χ0v) is 4.72. The fraction of sp³-hybridized carbons (Fsp3) is 0. The van der Waals surface area contributed by atoms with Gasteiger partial charge in [0.15, 0.2) is 0 Å². The van der Waals surface area contributed by atoms with E-state index in [-0.39, 0.29) is 12.4 Å². The lowest BCUT2D eigenvalue weighted by atomic mass is 10.5. The van der Waals surface area contributed by atoms with Gasteiger partial charge >= 0.3 is 5.97 Å². The van der Waals surface area contributed by atoms with Gasteiger partial charge in [-0.2, -0.15) is 0 Å². The van der Waals surface area contributed by atoms with Gasteiger partial charge in [-0.25, -0.2) is 4.79 Å². The van der Waals surface area contributed by atoms with Crippen molar-refractivity contribution in [2.75, 3.05) is 0 Å². The molecule has 1 N–H and O–H groups in total. The number of rotatable bonds is 2. The van der Waals surface area contributed by atoms with Crippen LogP contribution in [0, 0.1) is 0 Å². The van der Waals surface area contributed by atoms with Gasteiger partial charge in [0.2, 0.25) is 0 Å². The molecule has 0 aromatic heterocycles. The van der Waals surface area contributed by atoms with Crippen molar-refractivity contribution in [1.29, 1.82) is 0 Å². The highest BCUT2D eigenvalue weighted by atomic mass is 35.5. The Morgan fingerprint density at radius 3 is 2.12 bits per heavy atom. The van der Waals surface area contributed by atoms with Crippen LogP contribution in [-0.2, 0) is 9.59 Å². The highest BCUT2D eigenvalue weighted by Gasteiger charge is 1.79. The van der Waals surface area contributed by atoms with Crippen molar-refractivity contribution in [3.8, 4) is 0 Å². The molecule has 0 rings (SSSR count). The Kier molecular flexibility index (Phi) is 7.88. The summed E-state index contributed by atoms with van der Waals surface area (Å²) in [5.41, 5.74) is 0. The Morgan fingerprint density at radius 2 is 2.00 bits per heavy atom. The molecule has 0 saturated heterocycles. The predicted octanol–water partition coefficient (Wildman–Crippen LogP) is 0.248. The average Bonchev–Trinajstić information content (AvgIpc) is 1.61. The van der Waals surface area contributed by atoms with E-state index in [1.54, 1.807) is 0 Å². The predicted molar refractivity (Wildman–Crippen MR) is 30.1 cm³/mol. The van der Waals surface area contributed by atoms with Gasteiger partial charge in [0.25, 0.3) is 0 Å². The first-order valence-corrected chi connectivity index (χ1v) is 1.62. The van der Waals surface area contributed by atoms with Crippen molar-refractivity contribution in [3.05, 3.63) is 12.2 Å². The monoisotopic (exact) mass is 136 g/mol. The third kappa shape index (κ3) is 8.95. The third-order valence-corrected chi connectivity index (χ3v) is 0.317. The molecule has 3 nitrogen and oxygen atoms in total. The number of allylic oxidation sites excluding steroid dienone is 1. The molecule has 0 aliphatic carbocycles. The first kappa shape index (κ1) is 10.2. The Bertz CT molecular complexity index is 108. The average molecular weight is 137 g/mol. The van der Waals surface area contributed by atoms with Crippen LogP contribution in [0.2, 0.25) is 0 Å². The van der Waals surface area contributed by atoms with Crippen LogP contribution >= 0.6 is 12.4 Å². The maximum Gasteiger partial charge on any atom is 0.328 e. The molecule has 8 heavy (non-hydrogen) atoms. The number of carbonyl (C=O) groups excluding carboxylic acids is 1. The van der Waals surface area contributed by atoms with Gasteiger partial charge in [-0.15, -0.1) is 12.4 Å². The van der Waals surface area contributed by atoms with Crippen LogP contribution in [-0.4, -0.2) is 17.4 Å². The molecular formula is C4H5ClO3. The van der Waals surface area contributed by atoms with Gasteiger partial charge < -0.3 is 5.11 Å². The Balaban J connectivity index is 0. The van der Waals surface area contributed by atoms with E-state index in [9.17, 15) is 9.59 Å². The Labute approximate surface area is 52.4 Å². The maximum absolute atomic E-state index is 9.51. The number of hydrogen-bond donors (Lipinski definition) is 1. The van der Waals surface area contributed by atoms with Crippen LogP contribution in [0.1, 0.15) is 0 Å². The SMILES string of the molecule is Cl.O=C/C=C/C(=O)O. The van der Waals surface area contributed by atoms with Crippen molar-refractivity contribution >= 4 is 24.7 Å². The van der Waals surface area contributed by atoms with Crippen LogP contribution in [0.15, 0.2) is 12.2 Å². The van der Waals surface area contributed by atoms with Crippen molar-refractivity contribution in [3.63, 3.8) is 0 Å². The van der Waals surface area contributed by atoms with Crippen LogP contribution in [0.25, 0.3) is 0 Å². The van der Waals surface area contributed by atoms with E-state index in [1.165, 1.54) is 0 Å². The number of aliphatic carboxylic acids is 1. The van der Waals surface area contributed by atoms with E-state index in [0.717, 1.165) is 12.2 Å². The summed E-state index contributed by atoms with van der Waals surface area (Å²) in [4.78, 5) is 18.9. The van der Waals surface area contributed by atoms with Crippen molar-refractivity contribution in [1.82, 2.24) is 0 Å². The summed E-state index contributed by atoms with van der Waals surface area (Å²) in [5, 5.41) is 7.80. The van der Waals surface area contributed by atoms with E-state index >= 15 is 0 Å². The molecule has 0 atom stereocenters. The number of carboxylic acid groups (broad SMARTS) is 1. The molecular weight excluding hydrogens is 131 g/mol. The number of aldehydes is 1. The zero-order valence-electron chi connectivity index (χ0n) is 3.90. The molecule has 0 aliphatic rings. The summed E-state index contributed by atoms with van der Waals surface area (Å²) in [6.45, 7) is 0. The smallest absolute Gasteiger partial charge is 0.328 e. The summed E-state index contributed by atoms with van der Waals surface area (Å²) in [6, 6.07) is 0. The first-order valence-electron chi connectivity index (χ1n) is 1.62. The molecule has 0 radical (unpaired) electrons. The molecule has 0 aliphatic heterocycles. The van der Waals surface area contributed by atoms with E-state index in [1.807, 2.05) is 0 Å². The maximum atomic E-state index is 9.51. The van der Waals surface area contributed by atoms with Gasteiger partial charge in [-0.3, -0.25) is 4.79 Å². The summed E-state index contributed by atoms with van der Waals surface area (Å²) in [7, 11) is 0. The van der Waals surface area contributed by atoms with Gasteiger partial charge in [0, 0.05) is 6.08 Å². The lowest BCUT2D eigenvalue weighted by Gasteiger charge is -1.68. The molecule has 0 spiro atoms. The minimum Gasteiger partial charge on any atom is -0.478 e.